The van der Waals surface area contributed by atoms with Crippen LogP contribution in [0.4, 0.5) is 11.9 Å². The van der Waals surface area contributed by atoms with E-state index < -0.39 is 5.41 Å². The fourth-order valence-electron chi connectivity index (χ4n) is 2.49. The molecule has 3 N–H and O–H groups in total. The Balaban J connectivity index is 2.13. The Morgan fingerprint density at radius 3 is 2.69 bits per heavy atom. The largest absolute Gasteiger partial charge is 0.366 e. The van der Waals surface area contributed by atoms with E-state index >= 15 is 0 Å². The summed E-state index contributed by atoms with van der Waals surface area (Å²) in [5, 5.41) is 6.40. The third-order valence-electron chi connectivity index (χ3n) is 3.34. The number of rotatable bonds is 0. The number of aromatic nitrogens is 3. The molecule has 0 aromatic carbocycles. The molecule has 1 amide bonds. The van der Waals surface area contributed by atoms with Crippen LogP contribution in [0.3, 0.4) is 0 Å². The molecule has 0 atom stereocenters. The molecule has 7 nitrogen and oxygen atoms in total. The first-order valence-corrected chi connectivity index (χ1v) is 5.22. The van der Waals surface area contributed by atoms with Crippen LogP contribution in [-0.2, 0) is 4.79 Å². The number of hydrogen-bond donors (Lipinski definition) is 2. The monoisotopic (exact) mass is 221 g/mol. The second-order valence-corrected chi connectivity index (χ2v) is 4.25. The van der Waals surface area contributed by atoms with Crippen LogP contribution in [0, 0.1) is 5.41 Å². The first kappa shape index (κ1) is 9.32. The van der Waals surface area contributed by atoms with Crippen LogP contribution >= 0.6 is 0 Å². The van der Waals surface area contributed by atoms with Crippen molar-refractivity contribution in [1.29, 1.82) is 0 Å². The second-order valence-electron chi connectivity index (χ2n) is 4.25. The molecular formula is C9H11N5O2. The maximum absolute atomic E-state index is 12.2. The fourth-order valence-corrected chi connectivity index (χ4v) is 2.49. The number of amides is 1. The zero-order valence-corrected chi connectivity index (χ0v) is 8.56. The van der Waals surface area contributed by atoms with Gasteiger partial charge in [0.15, 0.2) is 0 Å². The summed E-state index contributed by atoms with van der Waals surface area (Å²) in [6.07, 6.45) is 2.94. The average molecular weight is 221 g/mol. The van der Waals surface area contributed by atoms with Gasteiger partial charge in [-0.15, -0.1) is 5.10 Å². The van der Waals surface area contributed by atoms with Gasteiger partial charge in [-0.1, -0.05) is 12.8 Å². The number of anilines is 2. The first-order chi connectivity index (χ1) is 7.63. The maximum atomic E-state index is 12.2. The molecule has 3 rings (SSSR count). The summed E-state index contributed by atoms with van der Waals surface area (Å²) in [5.41, 5.74) is 4.47. The van der Waals surface area contributed by atoms with Gasteiger partial charge in [-0.25, -0.2) is 0 Å². The third-order valence-corrected chi connectivity index (χ3v) is 3.34. The molecule has 1 saturated carbocycles. The van der Waals surface area contributed by atoms with Crippen molar-refractivity contribution in [2.24, 2.45) is 5.41 Å². The zero-order valence-electron chi connectivity index (χ0n) is 8.56. The molecule has 1 spiro atoms. The van der Waals surface area contributed by atoms with Crippen molar-refractivity contribution in [1.82, 2.24) is 14.8 Å². The van der Waals surface area contributed by atoms with E-state index in [0.717, 1.165) is 17.5 Å². The van der Waals surface area contributed by atoms with Crippen LogP contribution in [0.1, 0.15) is 30.5 Å². The molecule has 1 aromatic heterocycles. The molecule has 84 valence electrons. The average Bonchev–Trinajstić information content (AvgIpc) is 2.83. The standard InChI is InChI=1S/C9H11N5O2/c10-7-12-8-11-5(15)9(3-1-2-4-9)6(16)14(8)13-7/h1-4H2,(H3,10,11,12,13,15). The van der Waals surface area contributed by atoms with Crippen molar-refractivity contribution in [3.8, 4) is 0 Å². The van der Waals surface area contributed by atoms with E-state index in [1.54, 1.807) is 0 Å². The molecule has 1 aliphatic heterocycles. The molecular weight excluding hydrogens is 210 g/mol. The maximum Gasteiger partial charge on any atom is 0.265 e. The zero-order chi connectivity index (χ0) is 11.3. The van der Waals surface area contributed by atoms with Crippen molar-refractivity contribution in [2.75, 3.05) is 11.1 Å². The smallest absolute Gasteiger partial charge is 0.265 e. The Kier molecular flexibility index (Phi) is 1.63. The molecule has 2 heterocycles. The lowest BCUT2D eigenvalue weighted by molar-refractivity contribution is -0.123. The second kappa shape index (κ2) is 2.81. The Morgan fingerprint density at radius 1 is 1.31 bits per heavy atom. The number of nitrogens with zero attached hydrogens (tertiary/aromatic N) is 3. The van der Waals surface area contributed by atoms with Gasteiger partial charge in [0, 0.05) is 0 Å². The normalized spacial score (nSPS) is 22.2. The van der Waals surface area contributed by atoms with Crippen molar-refractivity contribution in [2.45, 2.75) is 25.7 Å². The van der Waals surface area contributed by atoms with Gasteiger partial charge < -0.3 is 5.73 Å². The van der Waals surface area contributed by atoms with Crippen molar-refractivity contribution in [3.63, 3.8) is 0 Å². The van der Waals surface area contributed by atoms with Crippen LogP contribution in [0.15, 0.2) is 0 Å². The van der Waals surface area contributed by atoms with Crippen LogP contribution in [0.25, 0.3) is 0 Å². The fraction of sp³-hybridized carbons (Fsp3) is 0.556. The lowest BCUT2D eigenvalue weighted by Crippen LogP contribution is -2.48. The van der Waals surface area contributed by atoms with E-state index in [-0.39, 0.29) is 23.7 Å². The predicted octanol–water partition coefficient (Wildman–Crippen LogP) is 0.0130. The third kappa shape index (κ3) is 0.971. The summed E-state index contributed by atoms with van der Waals surface area (Å²) in [4.78, 5) is 27.9. The molecule has 2 aliphatic rings. The lowest BCUT2D eigenvalue weighted by atomic mass is 9.83. The summed E-state index contributed by atoms with van der Waals surface area (Å²) in [7, 11) is 0. The predicted molar refractivity (Wildman–Crippen MR) is 54.6 cm³/mol. The Bertz CT molecular complexity index is 486. The molecule has 0 unspecified atom stereocenters. The minimum Gasteiger partial charge on any atom is -0.366 e. The summed E-state index contributed by atoms with van der Waals surface area (Å²) in [5.74, 6) is -0.438. The Morgan fingerprint density at radius 2 is 2.00 bits per heavy atom. The highest BCUT2D eigenvalue weighted by Gasteiger charge is 2.52. The molecule has 0 radical (unpaired) electrons. The van der Waals surface area contributed by atoms with Gasteiger partial charge in [0.25, 0.3) is 5.91 Å². The summed E-state index contributed by atoms with van der Waals surface area (Å²) in [6.45, 7) is 0. The van der Waals surface area contributed by atoms with Crippen LogP contribution in [0.2, 0.25) is 0 Å². The number of hydrogen-bond acceptors (Lipinski definition) is 5. The van der Waals surface area contributed by atoms with E-state index in [4.69, 9.17) is 5.73 Å². The molecule has 1 fully saturated rings. The molecule has 1 aromatic rings. The Hall–Kier alpha value is -1.92. The highest BCUT2D eigenvalue weighted by molar-refractivity contribution is 6.14. The van der Waals surface area contributed by atoms with E-state index in [0.29, 0.717) is 12.8 Å². The molecule has 0 bridgehead atoms. The molecule has 16 heavy (non-hydrogen) atoms. The van der Waals surface area contributed by atoms with Gasteiger partial charge in [0.1, 0.15) is 5.41 Å². The van der Waals surface area contributed by atoms with Gasteiger partial charge >= 0.3 is 0 Å². The van der Waals surface area contributed by atoms with Crippen molar-refractivity contribution in [3.05, 3.63) is 0 Å². The van der Waals surface area contributed by atoms with Gasteiger partial charge in [-0.3, -0.25) is 14.9 Å². The van der Waals surface area contributed by atoms with Gasteiger partial charge in [-0.2, -0.15) is 9.67 Å². The van der Waals surface area contributed by atoms with Gasteiger partial charge in [0.2, 0.25) is 17.8 Å². The number of carbonyl (C=O) groups excluding carboxylic acids is 2. The van der Waals surface area contributed by atoms with Crippen LogP contribution < -0.4 is 11.1 Å². The molecule has 0 saturated heterocycles. The van der Waals surface area contributed by atoms with Gasteiger partial charge in [-0.05, 0) is 12.8 Å². The first-order valence-electron chi connectivity index (χ1n) is 5.22. The van der Waals surface area contributed by atoms with Crippen molar-refractivity contribution >= 4 is 23.7 Å². The topological polar surface area (TPSA) is 103 Å². The molecule has 7 heteroatoms. The number of nitrogens with one attached hydrogen (secondary N) is 1. The van der Waals surface area contributed by atoms with E-state index in [1.807, 2.05) is 0 Å². The number of nitrogens with two attached hydrogens (primary N) is 1. The minimum absolute atomic E-state index is 0.00121. The number of carbonyl (C=O) groups is 2. The molecule has 1 aliphatic carbocycles. The highest BCUT2D eigenvalue weighted by atomic mass is 16.2. The lowest BCUT2D eigenvalue weighted by Gasteiger charge is -2.29. The van der Waals surface area contributed by atoms with Crippen molar-refractivity contribution < 1.29 is 9.59 Å². The van der Waals surface area contributed by atoms with E-state index in [2.05, 4.69) is 15.4 Å². The Labute approximate surface area is 91.0 Å². The van der Waals surface area contributed by atoms with Crippen LogP contribution in [0.5, 0.6) is 0 Å². The minimum atomic E-state index is -0.937. The number of nitrogen functional groups attached to an aromatic ring is 1. The van der Waals surface area contributed by atoms with E-state index in [1.165, 1.54) is 0 Å². The van der Waals surface area contributed by atoms with Gasteiger partial charge in [0.05, 0.1) is 0 Å². The summed E-state index contributed by atoms with van der Waals surface area (Å²) < 4.78 is 1.11. The number of fused-ring (bicyclic) bond motifs is 1. The highest BCUT2D eigenvalue weighted by Crippen LogP contribution is 2.42. The van der Waals surface area contributed by atoms with Crippen LogP contribution in [-0.4, -0.2) is 26.6 Å². The SMILES string of the molecule is Nc1nc2n(n1)C(=O)C1(CCCC1)C(=O)N2. The summed E-state index contributed by atoms with van der Waals surface area (Å²) >= 11 is 0. The van der Waals surface area contributed by atoms with E-state index in [9.17, 15) is 9.59 Å². The summed E-state index contributed by atoms with van der Waals surface area (Å²) in [6, 6.07) is 0. The quantitative estimate of drug-likeness (QED) is 0.601.